The van der Waals surface area contributed by atoms with Gasteiger partial charge in [0.05, 0.1) is 20.1 Å². The lowest BCUT2D eigenvalue weighted by Crippen LogP contribution is -2.13. The molecule has 1 aromatic heterocycles. The average molecular weight is 396 g/mol. The van der Waals surface area contributed by atoms with Gasteiger partial charge in [-0.3, -0.25) is 4.79 Å². The summed E-state index contributed by atoms with van der Waals surface area (Å²) in [5.74, 6) is 2.64. The zero-order valence-corrected chi connectivity index (χ0v) is 16.8. The lowest BCUT2D eigenvalue weighted by molar-refractivity contribution is -0.143. The van der Waals surface area contributed by atoms with Gasteiger partial charge in [-0.1, -0.05) is 12.1 Å². The molecule has 1 aliphatic rings. The zero-order valence-electron chi connectivity index (χ0n) is 16.8. The maximum absolute atomic E-state index is 12.4. The summed E-state index contributed by atoms with van der Waals surface area (Å²) in [6.07, 6.45) is 0.926. The van der Waals surface area contributed by atoms with Crippen molar-refractivity contribution < 1.29 is 28.2 Å². The van der Waals surface area contributed by atoms with Gasteiger partial charge in [-0.2, -0.15) is 0 Å². The first-order valence-electron chi connectivity index (χ1n) is 9.70. The molecule has 1 unspecified atom stereocenters. The van der Waals surface area contributed by atoms with Gasteiger partial charge in [-0.15, -0.1) is 0 Å². The van der Waals surface area contributed by atoms with Crippen molar-refractivity contribution in [3.63, 3.8) is 0 Å². The summed E-state index contributed by atoms with van der Waals surface area (Å²) in [6.45, 7) is 4.31. The van der Waals surface area contributed by atoms with Crippen molar-refractivity contribution in [2.24, 2.45) is 0 Å². The van der Waals surface area contributed by atoms with Gasteiger partial charge in [-0.05, 0) is 61.6 Å². The third kappa shape index (κ3) is 3.88. The summed E-state index contributed by atoms with van der Waals surface area (Å²) >= 11 is 0. The molecule has 0 saturated heterocycles. The molecule has 0 aliphatic carbocycles. The highest BCUT2D eigenvalue weighted by Crippen LogP contribution is 2.39. The van der Waals surface area contributed by atoms with Crippen LogP contribution >= 0.6 is 0 Å². The van der Waals surface area contributed by atoms with E-state index in [-0.39, 0.29) is 25.1 Å². The van der Waals surface area contributed by atoms with Gasteiger partial charge in [0.15, 0.2) is 22.8 Å². The van der Waals surface area contributed by atoms with E-state index in [1.807, 2.05) is 50.2 Å². The summed E-state index contributed by atoms with van der Waals surface area (Å²) in [4.78, 5) is 12.4. The molecule has 1 aliphatic heterocycles. The highest BCUT2D eigenvalue weighted by atomic mass is 16.7. The summed E-state index contributed by atoms with van der Waals surface area (Å²) in [7, 11) is 1.62. The minimum atomic E-state index is -0.220. The summed E-state index contributed by atoms with van der Waals surface area (Å²) in [5.41, 5.74) is 2.79. The van der Waals surface area contributed by atoms with E-state index < -0.39 is 0 Å². The number of rotatable bonds is 7. The molecule has 4 rings (SSSR count). The highest BCUT2D eigenvalue weighted by molar-refractivity contribution is 5.88. The first-order valence-corrected chi connectivity index (χ1v) is 9.70. The van der Waals surface area contributed by atoms with Crippen molar-refractivity contribution in [1.82, 2.24) is 0 Å². The third-order valence-electron chi connectivity index (χ3n) is 5.10. The molecule has 152 valence electrons. The van der Waals surface area contributed by atoms with Crippen LogP contribution in [-0.2, 0) is 16.0 Å². The second-order valence-electron chi connectivity index (χ2n) is 7.05. The van der Waals surface area contributed by atoms with Crippen LogP contribution in [0, 0.1) is 6.92 Å². The Kier molecular flexibility index (Phi) is 5.34. The smallest absolute Gasteiger partial charge is 0.306 e. The quantitative estimate of drug-likeness (QED) is 0.537. The maximum Gasteiger partial charge on any atom is 0.306 e. The molecule has 0 radical (unpaired) electrons. The minimum absolute atomic E-state index is 0.0835. The standard InChI is InChI=1S/C23H24O6/c1-4-26-22(24)12-16(10-15-5-7-19-21(11-15)28-13-27-19)17-6-8-20(25-3)23-18(17)9-14(2)29-23/h5-9,11,16H,4,10,12-13H2,1-3H3. The number of hydrogen-bond donors (Lipinski definition) is 0. The van der Waals surface area contributed by atoms with Crippen molar-refractivity contribution in [3.8, 4) is 17.2 Å². The fraction of sp³-hybridized carbons (Fsp3) is 0.348. The average Bonchev–Trinajstić information content (AvgIpc) is 3.32. The second kappa shape index (κ2) is 8.07. The van der Waals surface area contributed by atoms with Crippen LogP contribution in [0.4, 0.5) is 0 Å². The number of furan rings is 1. The van der Waals surface area contributed by atoms with Crippen LogP contribution in [0.5, 0.6) is 17.2 Å². The van der Waals surface area contributed by atoms with Crippen LogP contribution in [0.25, 0.3) is 11.0 Å². The molecular weight excluding hydrogens is 372 g/mol. The molecule has 29 heavy (non-hydrogen) atoms. The van der Waals surface area contributed by atoms with Crippen molar-refractivity contribution in [1.29, 1.82) is 0 Å². The van der Waals surface area contributed by atoms with E-state index in [1.165, 1.54) is 0 Å². The van der Waals surface area contributed by atoms with Crippen LogP contribution in [0.1, 0.15) is 36.1 Å². The summed E-state index contributed by atoms with van der Waals surface area (Å²) in [5, 5.41) is 0.955. The van der Waals surface area contributed by atoms with Gasteiger partial charge in [0.25, 0.3) is 0 Å². The van der Waals surface area contributed by atoms with Gasteiger partial charge in [-0.25, -0.2) is 0 Å². The highest BCUT2D eigenvalue weighted by Gasteiger charge is 2.24. The van der Waals surface area contributed by atoms with Crippen LogP contribution < -0.4 is 14.2 Å². The Labute approximate surface area is 169 Å². The number of benzene rings is 2. The van der Waals surface area contributed by atoms with Gasteiger partial charge in [0.2, 0.25) is 6.79 Å². The Hall–Kier alpha value is -3.15. The maximum atomic E-state index is 12.4. The van der Waals surface area contributed by atoms with Gasteiger partial charge in [0.1, 0.15) is 5.76 Å². The molecule has 2 heterocycles. The number of hydrogen-bond acceptors (Lipinski definition) is 6. The molecule has 1 atom stereocenters. The fourth-order valence-electron chi connectivity index (χ4n) is 3.82. The Bertz CT molecular complexity index is 1040. The van der Waals surface area contributed by atoms with Gasteiger partial charge < -0.3 is 23.4 Å². The minimum Gasteiger partial charge on any atom is -0.493 e. The van der Waals surface area contributed by atoms with Crippen molar-refractivity contribution in [2.45, 2.75) is 32.6 Å². The molecular formula is C23H24O6. The van der Waals surface area contributed by atoms with E-state index in [1.54, 1.807) is 7.11 Å². The molecule has 0 N–H and O–H groups in total. The lowest BCUT2D eigenvalue weighted by Gasteiger charge is -2.18. The topological polar surface area (TPSA) is 67.1 Å². The molecule has 6 nitrogen and oxygen atoms in total. The zero-order chi connectivity index (χ0) is 20.4. The number of aryl methyl sites for hydroxylation is 1. The SMILES string of the molecule is CCOC(=O)CC(Cc1ccc2c(c1)OCO2)c1ccc(OC)c2oc(C)cc12. The van der Waals surface area contributed by atoms with Gasteiger partial charge >= 0.3 is 5.97 Å². The first-order chi connectivity index (χ1) is 14.1. The molecule has 0 fully saturated rings. The van der Waals surface area contributed by atoms with Crippen molar-refractivity contribution in [3.05, 3.63) is 53.3 Å². The molecule has 0 bridgehead atoms. The van der Waals surface area contributed by atoms with Crippen LogP contribution in [0.15, 0.2) is 40.8 Å². The van der Waals surface area contributed by atoms with E-state index in [9.17, 15) is 4.79 Å². The number of esters is 1. The van der Waals surface area contributed by atoms with Crippen molar-refractivity contribution in [2.75, 3.05) is 20.5 Å². The Balaban J connectivity index is 1.73. The van der Waals surface area contributed by atoms with E-state index in [4.69, 9.17) is 23.4 Å². The Morgan fingerprint density at radius 2 is 1.97 bits per heavy atom. The number of ether oxygens (including phenoxy) is 4. The largest absolute Gasteiger partial charge is 0.493 e. The van der Waals surface area contributed by atoms with Crippen LogP contribution in [0.2, 0.25) is 0 Å². The Morgan fingerprint density at radius 1 is 1.14 bits per heavy atom. The molecule has 0 amide bonds. The fourth-order valence-corrected chi connectivity index (χ4v) is 3.82. The second-order valence-corrected chi connectivity index (χ2v) is 7.05. The number of carbonyl (C=O) groups excluding carboxylic acids is 1. The van der Waals surface area contributed by atoms with E-state index in [0.717, 1.165) is 33.8 Å². The molecule has 6 heteroatoms. The number of methoxy groups -OCH3 is 1. The predicted molar refractivity (Wildman–Crippen MR) is 108 cm³/mol. The van der Waals surface area contributed by atoms with Crippen molar-refractivity contribution >= 4 is 16.9 Å². The molecule has 0 saturated carbocycles. The molecule has 0 spiro atoms. The normalized spacial score (nSPS) is 13.5. The molecule has 2 aromatic carbocycles. The third-order valence-corrected chi connectivity index (χ3v) is 5.10. The monoisotopic (exact) mass is 396 g/mol. The predicted octanol–water partition coefficient (Wildman–Crippen LogP) is 4.76. The number of fused-ring (bicyclic) bond motifs is 2. The van der Waals surface area contributed by atoms with E-state index in [0.29, 0.717) is 24.4 Å². The Morgan fingerprint density at radius 3 is 2.76 bits per heavy atom. The first kappa shape index (κ1) is 19.2. The summed E-state index contributed by atoms with van der Waals surface area (Å²) in [6, 6.07) is 11.8. The van der Waals surface area contributed by atoms with E-state index in [2.05, 4.69) is 0 Å². The lowest BCUT2D eigenvalue weighted by atomic mass is 9.87. The molecule has 3 aromatic rings. The summed E-state index contributed by atoms with van der Waals surface area (Å²) < 4.78 is 27.5. The van der Waals surface area contributed by atoms with Gasteiger partial charge in [0, 0.05) is 5.39 Å². The van der Waals surface area contributed by atoms with Crippen LogP contribution in [-0.4, -0.2) is 26.5 Å². The van der Waals surface area contributed by atoms with E-state index >= 15 is 0 Å². The number of carbonyl (C=O) groups is 1. The van der Waals surface area contributed by atoms with Crippen LogP contribution in [0.3, 0.4) is 0 Å².